The number of rotatable bonds is 4. The van der Waals surface area contributed by atoms with Gasteiger partial charge < -0.3 is 10.1 Å². The van der Waals surface area contributed by atoms with Crippen LogP contribution in [0.2, 0.25) is 0 Å². The lowest BCUT2D eigenvalue weighted by Gasteiger charge is -2.16. The van der Waals surface area contributed by atoms with Crippen LogP contribution in [-0.4, -0.2) is 41.2 Å². The fraction of sp³-hybridized carbons (Fsp3) is 0.545. The molecular formula is C11H12F4N4O2. The van der Waals surface area contributed by atoms with Crippen LogP contribution in [0.25, 0.3) is 0 Å². The molecule has 6 nitrogen and oxygen atoms in total. The fourth-order valence-electron chi connectivity index (χ4n) is 1.80. The van der Waals surface area contributed by atoms with Crippen molar-refractivity contribution >= 4 is 11.7 Å². The van der Waals surface area contributed by atoms with Gasteiger partial charge in [-0.2, -0.15) is 18.2 Å². The molecule has 2 heterocycles. The number of ether oxygens (including phenoxy) is 1. The molecule has 21 heavy (non-hydrogen) atoms. The second-order valence-electron chi connectivity index (χ2n) is 4.37. The predicted octanol–water partition coefficient (Wildman–Crippen LogP) is 1.39. The minimum atomic E-state index is -4.56. The van der Waals surface area contributed by atoms with E-state index in [1.807, 2.05) is 0 Å². The zero-order valence-corrected chi connectivity index (χ0v) is 10.7. The van der Waals surface area contributed by atoms with Crippen molar-refractivity contribution < 1.29 is 27.2 Å². The van der Waals surface area contributed by atoms with Crippen LogP contribution in [0, 0.1) is 0 Å². The van der Waals surface area contributed by atoms with Crippen LogP contribution in [0.5, 0.6) is 6.01 Å². The van der Waals surface area contributed by atoms with Gasteiger partial charge in [-0.25, -0.2) is 4.98 Å². The molecule has 1 saturated heterocycles. The Balaban J connectivity index is 2.03. The van der Waals surface area contributed by atoms with Crippen molar-refractivity contribution in [3.05, 3.63) is 12.3 Å². The Bertz CT molecular complexity index is 505. The molecule has 1 aromatic rings. The van der Waals surface area contributed by atoms with Crippen LogP contribution < -0.4 is 15.2 Å². The Labute approximate surface area is 117 Å². The summed E-state index contributed by atoms with van der Waals surface area (Å²) in [5, 5.41) is 2.59. The Morgan fingerprint density at radius 1 is 1.52 bits per heavy atom. The number of hydrogen-bond donors (Lipinski definition) is 1. The summed E-state index contributed by atoms with van der Waals surface area (Å²) in [6.07, 6.45) is -2.32. The molecule has 0 saturated carbocycles. The molecule has 0 unspecified atom stereocenters. The molecule has 10 heteroatoms. The summed E-state index contributed by atoms with van der Waals surface area (Å²) in [5.41, 5.74) is 0. The third kappa shape index (κ3) is 4.25. The highest BCUT2D eigenvalue weighted by molar-refractivity contribution is 5.94. The number of aromatic nitrogens is 2. The van der Waals surface area contributed by atoms with Gasteiger partial charge in [0.1, 0.15) is 0 Å². The average Bonchev–Trinajstić information content (AvgIpc) is 2.97. The Morgan fingerprint density at radius 3 is 2.90 bits per heavy atom. The number of nitrogens with one attached hydrogen (secondary N) is 1. The van der Waals surface area contributed by atoms with Crippen molar-refractivity contribution in [2.45, 2.75) is 25.1 Å². The standard InChI is InChI=1S/C11H12F4N4O2/c12-11(13,14)6-21-10-17-5-3-8(18-10)19(15)9(20)7-2-1-4-16-7/h3,5,7,16H,1-2,4,6H2/t7-/m0/s1. The fourth-order valence-corrected chi connectivity index (χ4v) is 1.80. The van der Waals surface area contributed by atoms with E-state index >= 15 is 0 Å². The summed E-state index contributed by atoms with van der Waals surface area (Å²) in [7, 11) is 0. The van der Waals surface area contributed by atoms with Crippen molar-refractivity contribution in [2.75, 3.05) is 18.3 Å². The van der Waals surface area contributed by atoms with Gasteiger partial charge in [0.25, 0.3) is 5.91 Å². The van der Waals surface area contributed by atoms with Gasteiger partial charge in [-0.05, 0) is 19.4 Å². The zero-order chi connectivity index (χ0) is 15.5. The van der Waals surface area contributed by atoms with E-state index in [-0.39, 0.29) is 5.12 Å². The SMILES string of the molecule is O=C([C@@H]1CCCN1)N(F)c1ccnc(OCC(F)(F)F)n1. The van der Waals surface area contributed by atoms with Crippen LogP contribution in [0.1, 0.15) is 12.8 Å². The summed E-state index contributed by atoms with van der Waals surface area (Å²) in [4.78, 5) is 18.6. The van der Waals surface area contributed by atoms with E-state index in [9.17, 15) is 22.4 Å². The topological polar surface area (TPSA) is 67.4 Å². The highest BCUT2D eigenvalue weighted by Crippen LogP contribution is 2.20. The second kappa shape index (κ2) is 6.20. The summed E-state index contributed by atoms with van der Waals surface area (Å²) < 4.78 is 54.2. The van der Waals surface area contributed by atoms with E-state index in [4.69, 9.17) is 0 Å². The summed E-state index contributed by atoms with van der Waals surface area (Å²) in [6, 6.07) is -0.253. The number of halogens is 4. The third-order valence-corrected chi connectivity index (χ3v) is 2.74. The molecule has 0 aliphatic carbocycles. The molecule has 116 valence electrons. The normalized spacial score (nSPS) is 18.6. The lowest BCUT2D eigenvalue weighted by atomic mass is 10.2. The summed E-state index contributed by atoms with van der Waals surface area (Å²) in [5.74, 6) is -1.33. The average molecular weight is 308 g/mol. The third-order valence-electron chi connectivity index (χ3n) is 2.74. The maximum atomic E-state index is 13.9. The number of anilines is 1. The molecule has 0 radical (unpaired) electrons. The van der Waals surface area contributed by atoms with E-state index in [0.29, 0.717) is 13.0 Å². The smallest absolute Gasteiger partial charge is 0.422 e. The first-order valence-electron chi connectivity index (χ1n) is 6.12. The van der Waals surface area contributed by atoms with Gasteiger partial charge in [0.15, 0.2) is 12.4 Å². The quantitative estimate of drug-likeness (QED) is 0.672. The molecule has 0 spiro atoms. The number of hydrogen-bond acceptors (Lipinski definition) is 5. The van der Waals surface area contributed by atoms with Crippen LogP contribution in [-0.2, 0) is 4.79 Å². The lowest BCUT2D eigenvalue weighted by Crippen LogP contribution is -2.40. The Morgan fingerprint density at radius 2 is 2.29 bits per heavy atom. The molecule has 1 atom stereocenters. The van der Waals surface area contributed by atoms with E-state index < -0.39 is 36.6 Å². The number of nitrogens with zero attached hydrogens (tertiary/aromatic N) is 3. The van der Waals surface area contributed by atoms with E-state index in [1.54, 1.807) is 0 Å². The minimum absolute atomic E-state index is 0.217. The first-order chi connectivity index (χ1) is 9.87. The van der Waals surface area contributed by atoms with Crippen molar-refractivity contribution in [3.63, 3.8) is 0 Å². The predicted molar refractivity (Wildman–Crippen MR) is 63.2 cm³/mol. The Kier molecular flexibility index (Phi) is 4.56. The molecule has 1 amide bonds. The number of alkyl halides is 3. The zero-order valence-electron chi connectivity index (χ0n) is 10.7. The lowest BCUT2D eigenvalue weighted by molar-refractivity contribution is -0.154. The molecule has 1 fully saturated rings. The summed E-state index contributed by atoms with van der Waals surface area (Å²) >= 11 is 0. The molecular weight excluding hydrogens is 296 g/mol. The van der Waals surface area contributed by atoms with Gasteiger partial charge in [-0.1, -0.05) is 4.48 Å². The van der Waals surface area contributed by atoms with Gasteiger partial charge >= 0.3 is 12.2 Å². The molecule has 1 aromatic heterocycles. The Hall–Kier alpha value is -1.97. The monoisotopic (exact) mass is 308 g/mol. The van der Waals surface area contributed by atoms with Gasteiger partial charge in [0, 0.05) is 12.3 Å². The minimum Gasteiger partial charge on any atom is -0.454 e. The van der Waals surface area contributed by atoms with Gasteiger partial charge in [-0.3, -0.25) is 4.79 Å². The van der Waals surface area contributed by atoms with Crippen LogP contribution >= 0.6 is 0 Å². The molecule has 1 aliphatic heterocycles. The van der Waals surface area contributed by atoms with Gasteiger partial charge in [-0.15, -0.1) is 5.12 Å². The molecule has 0 aromatic carbocycles. The summed E-state index contributed by atoms with van der Waals surface area (Å²) in [6.45, 7) is -0.991. The highest BCUT2D eigenvalue weighted by Gasteiger charge is 2.31. The van der Waals surface area contributed by atoms with Gasteiger partial charge in [0.05, 0.1) is 6.04 Å². The molecule has 1 aliphatic rings. The van der Waals surface area contributed by atoms with Crippen LogP contribution in [0.15, 0.2) is 12.3 Å². The van der Waals surface area contributed by atoms with Gasteiger partial charge in [0.2, 0.25) is 0 Å². The van der Waals surface area contributed by atoms with Crippen molar-refractivity contribution in [1.29, 1.82) is 0 Å². The number of carbonyl (C=O) groups is 1. The van der Waals surface area contributed by atoms with E-state index in [1.165, 1.54) is 0 Å². The van der Waals surface area contributed by atoms with E-state index in [0.717, 1.165) is 18.7 Å². The number of carbonyl (C=O) groups excluding carboxylic acids is 1. The molecule has 1 N–H and O–H groups in total. The van der Waals surface area contributed by atoms with Crippen molar-refractivity contribution in [1.82, 2.24) is 15.3 Å². The first-order valence-corrected chi connectivity index (χ1v) is 6.12. The molecule has 0 bridgehead atoms. The maximum Gasteiger partial charge on any atom is 0.422 e. The largest absolute Gasteiger partial charge is 0.454 e. The first kappa shape index (κ1) is 15.4. The molecule has 2 rings (SSSR count). The maximum absolute atomic E-state index is 13.9. The second-order valence-corrected chi connectivity index (χ2v) is 4.37. The number of amides is 1. The van der Waals surface area contributed by atoms with Crippen molar-refractivity contribution in [3.8, 4) is 6.01 Å². The highest BCUT2D eigenvalue weighted by atomic mass is 19.4. The van der Waals surface area contributed by atoms with Crippen LogP contribution in [0.3, 0.4) is 0 Å². The van der Waals surface area contributed by atoms with E-state index in [2.05, 4.69) is 20.0 Å². The van der Waals surface area contributed by atoms with Crippen LogP contribution in [0.4, 0.5) is 23.5 Å². The van der Waals surface area contributed by atoms with Crippen molar-refractivity contribution in [2.24, 2.45) is 0 Å².